The third-order valence-electron chi connectivity index (χ3n) is 3.56. The zero-order valence-corrected chi connectivity index (χ0v) is 11.7. The molecule has 0 aromatic heterocycles. The van der Waals surface area contributed by atoms with Gasteiger partial charge in [0.05, 0.1) is 0 Å². The van der Waals surface area contributed by atoms with Gasteiger partial charge < -0.3 is 10.6 Å². The Bertz CT molecular complexity index is 208. The summed E-state index contributed by atoms with van der Waals surface area (Å²) in [7, 11) is 4.35. The minimum Gasteiger partial charge on any atom is -0.329 e. The monoisotopic (exact) mass is 227 g/mol. The van der Waals surface area contributed by atoms with Crippen molar-refractivity contribution in [1.82, 2.24) is 9.80 Å². The molecule has 1 rings (SSSR count). The van der Waals surface area contributed by atoms with Crippen molar-refractivity contribution in [2.24, 2.45) is 11.1 Å². The molecule has 1 fully saturated rings. The molecule has 0 amide bonds. The van der Waals surface area contributed by atoms with E-state index in [9.17, 15) is 0 Å². The van der Waals surface area contributed by atoms with Crippen LogP contribution in [0.15, 0.2) is 0 Å². The predicted octanol–water partition coefficient (Wildman–Crippen LogP) is 1.39. The molecule has 3 nitrogen and oxygen atoms in total. The first-order chi connectivity index (χ1) is 7.33. The average molecular weight is 227 g/mol. The highest BCUT2D eigenvalue weighted by atomic mass is 15.2. The van der Waals surface area contributed by atoms with Crippen molar-refractivity contribution in [2.75, 3.05) is 33.7 Å². The highest BCUT2D eigenvalue weighted by Gasteiger charge is 2.30. The Kier molecular flexibility index (Phi) is 4.77. The lowest BCUT2D eigenvalue weighted by atomic mass is 9.87. The van der Waals surface area contributed by atoms with Gasteiger partial charge >= 0.3 is 0 Å². The second-order valence-corrected chi connectivity index (χ2v) is 6.56. The summed E-state index contributed by atoms with van der Waals surface area (Å²) < 4.78 is 0. The van der Waals surface area contributed by atoms with E-state index in [4.69, 9.17) is 5.73 Å². The van der Waals surface area contributed by atoms with Crippen LogP contribution >= 0.6 is 0 Å². The second kappa shape index (κ2) is 5.48. The van der Waals surface area contributed by atoms with Gasteiger partial charge in [-0.3, -0.25) is 4.90 Å². The summed E-state index contributed by atoms with van der Waals surface area (Å²) in [5.74, 6) is 0. The molecule has 0 aromatic carbocycles. The maximum absolute atomic E-state index is 5.93. The maximum atomic E-state index is 5.93. The van der Waals surface area contributed by atoms with Crippen LogP contribution in [0.1, 0.15) is 33.6 Å². The van der Waals surface area contributed by atoms with Crippen molar-refractivity contribution in [3.8, 4) is 0 Å². The van der Waals surface area contributed by atoms with Crippen molar-refractivity contribution in [3.05, 3.63) is 0 Å². The smallest absolute Gasteiger partial charge is 0.0229 e. The van der Waals surface area contributed by atoms with Crippen LogP contribution in [0.4, 0.5) is 0 Å². The van der Waals surface area contributed by atoms with Crippen molar-refractivity contribution in [1.29, 1.82) is 0 Å². The van der Waals surface area contributed by atoms with Crippen molar-refractivity contribution < 1.29 is 0 Å². The molecule has 16 heavy (non-hydrogen) atoms. The van der Waals surface area contributed by atoms with E-state index in [0.717, 1.165) is 6.54 Å². The molecule has 0 saturated carbocycles. The minimum absolute atomic E-state index is 0.375. The molecule has 2 N–H and O–H groups in total. The summed E-state index contributed by atoms with van der Waals surface area (Å²) in [4.78, 5) is 4.92. The van der Waals surface area contributed by atoms with Crippen LogP contribution in [0.3, 0.4) is 0 Å². The fraction of sp³-hybridized carbons (Fsp3) is 1.00. The van der Waals surface area contributed by atoms with Gasteiger partial charge in [0.15, 0.2) is 0 Å². The summed E-state index contributed by atoms with van der Waals surface area (Å²) in [5.41, 5.74) is 6.30. The van der Waals surface area contributed by atoms with Gasteiger partial charge in [0, 0.05) is 31.7 Å². The lowest BCUT2D eigenvalue weighted by Crippen LogP contribution is -2.43. The van der Waals surface area contributed by atoms with E-state index in [1.165, 1.54) is 25.9 Å². The molecule has 1 aliphatic heterocycles. The molecule has 1 heterocycles. The van der Waals surface area contributed by atoms with Gasteiger partial charge in [-0.1, -0.05) is 20.8 Å². The van der Waals surface area contributed by atoms with Gasteiger partial charge in [0.2, 0.25) is 0 Å². The first kappa shape index (κ1) is 13.9. The van der Waals surface area contributed by atoms with E-state index < -0.39 is 0 Å². The topological polar surface area (TPSA) is 32.5 Å². The summed E-state index contributed by atoms with van der Waals surface area (Å²) >= 11 is 0. The summed E-state index contributed by atoms with van der Waals surface area (Å²) in [6.07, 6.45) is 2.48. The average Bonchev–Trinajstić information content (AvgIpc) is 2.61. The van der Waals surface area contributed by atoms with Crippen LogP contribution in [0, 0.1) is 5.41 Å². The van der Waals surface area contributed by atoms with E-state index >= 15 is 0 Å². The van der Waals surface area contributed by atoms with Crippen LogP contribution in [0.25, 0.3) is 0 Å². The van der Waals surface area contributed by atoms with Crippen LogP contribution in [-0.4, -0.2) is 55.6 Å². The number of hydrogen-bond acceptors (Lipinski definition) is 3. The van der Waals surface area contributed by atoms with E-state index in [2.05, 4.69) is 44.7 Å². The lowest BCUT2D eigenvalue weighted by Gasteiger charge is -2.32. The third kappa shape index (κ3) is 4.04. The van der Waals surface area contributed by atoms with Gasteiger partial charge in [-0.2, -0.15) is 0 Å². The predicted molar refractivity (Wildman–Crippen MR) is 70.6 cm³/mol. The molecule has 0 aromatic rings. The molecular formula is C13H29N3. The van der Waals surface area contributed by atoms with Crippen molar-refractivity contribution in [2.45, 2.75) is 45.7 Å². The normalized spacial score (nSPS) is 25.3. The number of nitrogens with zero attached hydrogens (tertiary/aromatic N) is 2. The summed E-state index contributed by atoms with van der Waals surface area (Å²) in [5, 5.41) is 0. The van der Waals surface area contributed by atoms with E-state index in [1.807, 2.05) is 0 Å². The van der Waals surface area contributed by atoms with Crippen LogP contribution in [0.5, 0.6) is 0 Å². The van der Waals surface area contributed by atoms with Crippen LogP contribution in [-0.2, 0) is 0 Å². The molecule has 0 spiro atoms. The van der Waals surface area contributed by atoms with Gasteiger partial charge in [0.1, 0.15) is 0 Å². The van der Waals surface area contributed by atoms with E-state index in [1.54, 1.807) is 0 Å². The SMILES string of the molecule is CN(C)C1CCN(C(CN)CC(C)(C)C)C1. The Balaban J connectivity index is 2.50. The van der Waals surface area contributed by atoms with Crippen LogP contribution in [0.2, 0.25) is 0 Å². The number of likely N-dealkylation sites (tertiary alicyclic amines) is 1. The molecule has 1 saturated heterocycles. The number of hydrogen-bond donors (Lipinski definition) is 1. The Morgan fingerprint density at radius 2 is 2.00 bits per heavy atom. The van der Waals surface area contributed by atoms with E-state index in [0.29, 0.717) is 17.5 Å². The first-order valence-electron chi connectivity index (χ1n) is 6.44. The number of likely N-dealkylation sites (N-methyl/N-ethyl adjacent to an activating group) is 1. The Morgan fingerprint density at radius 3 is 2.38 bits per heavy atom. The van der Waals surface area contributed by atoms with Gasteiger partial charge in [-0.15, -0.1) is 0 Å². The molecule has 96 valence electrons. The summed E-state index contributed by atoms with van der Waals surface area (Å²) in [6, 6.07) is 1.28. The quantitative estimate of drug-likeness (QED) is 0.788. The van der Waals surface area contributed by atoms with Gasteiger partial charge in [-0.25, -0.2) is 0 Å². The molecular weight excluding hydrogens is 198 g/mol. The third-order valence-corrected chi connectivity index (χ3v) is 3.56. The highest BCUT2D eigenvalue weighted by Crippen LogP contribution is 2.26. The fourth-order valence-electron chi connectivity index (χ4n) is 2.59. The Labute approximate surface area is 101 Å². The second-order valence-electron chi connectivity index (χ2n) is 6.56. The molecule has 0 bridgehead atoms. The van der Waals surface area contributed by atoms with Crippen LogP contribution < -0.4 is 5.73 Å². The zero-order valence-electron chi connectivity index (χ0n) is 11.7. The fourth-order valence-corrected chi connectivity index (χ4v) is 2.59. The van der Waals surface area contributed by atoms with Gasteiger partial charge in [0.25, 0.3) is 0 Å². The van der Waals surface area contributed by atoms with E-state index in [-0.39, 0.29) is 0 Å². The number of nitrogens with two attached hydrogens (primary N) is 1. The maximum Gasteiger partial charge on any atom is 0.0229 e. The molecule has 2 unspecified atom stereocenters. The molecule has 0 aliphatic carbocycles. The molecule has 2 atom stereocenters. The molecule has 1 aliphatic rings. The van der Waals surface area contributed by atoms with Gasteiger partial charge in [-0.05, 0) is 32.4 Å². The zero-order chi connectivity index (χ0) is 12.3. The van der Waals surface area contributed by atoms with Crippen molar-refractivity contribution in [3.63, 3.8) is 0 Å². The molecule has 0 radical (unpaired) electrons. The lowest BCUT2D eigenvalue weighted by molar-refractivity contribution is 0.170. The molecule has 3 heteroatoms. The number of rotatable bonds is 4. The minimum atomic E-state index is 0.375. The van der Waals surface area contributed by atoms with Crippen molar-refractivity contribution >= 4 is 0 Å². The Morgan fingerprint density at radius 1 is 1.38 bits per heavy atom. The largest absolute Gasteiger partial charge is 0.329 e. The first-order valence-corrected chi connectivity index (χ1v) is 6.44. The highest BCUT2D eigenvalue weighted by molar-refractivity contribution is 4.87. The standard InChI is InChI=1S/C13H29N3/c1-13(2,3)8-12(9-14)16-7-6-11(10-16)15(4)5/h11-12H,6-10,14H2,1-5H3. The Hall–Kier alpha value is -0.120. The summed E-state index contributed by atoms with van der Waals surface area (Å²) in [6.45, 7) is 10.1.